The number of nitrogens with one attached hydrogen (secondary N) is 1. The van der Waals surface area contributed by atoms with Crippen LogP contribution in [0, 0.1) is 0 Å². The maximum atomic E-state index is 11.8. The summed E-state index contributed by atoms with van der Waals surface area (Å²) in [6.45, 7) is 1.46. The van der Waals surface area contributed by atoms with Crippen molar-refractivity contribution in [3.05, 3.63) is 82.0 Å². The highest BCUT2D eigenvalue weighted by Gasteiger charge is 2.14. The zero-order chi connectivity index (χ0) is 19.1. The first-order valence-corrected chi connectivity index (χ1v) is 9.76. The highest BCUT2D eigenvalue weighted by atomic mass is 32.1. The molecule has 5 heteroatoms. The molecule has 0 aliphatic heterocycles. The Bertz CT molecular complexity index is 859. The zero-order valence-electron chi connectivity index (χ0n) is 15.2. The van der Waals surface area contributed by atoms with Crippen LogP contribution in [0.2, 0.25) is 0 Å². The van der Waals surface area contributed by atoms with E-state index in [-0.39, 0.29) is 5.97 Å². The first-order chi connectivity index (χ1) is 13.2. The highest BCUT2D eigenvalue weighted by Crippen LogP contribution is 2.29. The summed E-state index contributed by atoms with van der Waals surface area (Å²) < 4.78 is 4.84. The van der Waals surface area contributed by atoms with Gasteiger partial charge in [0, 0.05) is 12.1 Å². The molecule has 0 radical (unpaired) electrons. The zero-order valence-corrected chi connectivity index (χ0v) is 16.0. The second-order valence-electron chi connectivity index (χ2n) is 6.24. The van der Waals surface area contributed by atoms with Gasteiger partial charge >= 0.3 is 5.97 Å². The van der Waals surface area contributed by atoms with E-state index < -0.39 is 6.10 Å². The molecule has 1 heterocycles. The van der Waals surface area contributed by atoms with Crippen molar-refractivity contribution in [1.29, 1.82) is 0 Å². The first kappa shape index (κ1) is 19.3. The molecule has 1 unspecified atom stereocenters. The van der Waals surface area contributed by atoms with Gasteiger partial charge in [0.25, 0.3) is 0 Å². The van der Waals surface area contributed by atoms with Crippen LogP contribution in [0.4, 0.5) is 0 Å². The number of esters is 1. The molecule has 0 aliphatic rings. The number of rotatable bonds is 8. The van der Waals surface area contributed by atoms with Crippen molar-refractivity contribution in [3.63, 3.8) is 0 Å². The smallest absolute Gasteiger partial charge is 0.348 e. The summed E-state index contributed by atoms with van der Waals surface area (Å²) in [6, 6.07) is 19.8. The van der Waals surface area contributed by atoms with Crippen molar-refractivity contribution in [2.45, 2.75) is 19.1 Å². The van der Waals surface area contributed by atoms with Crippen LogP contribution in [-0.4, -0.2) is 24.7 Å². The molecule has 3 rings (SSSR count). The molecule has 0 saturated carbocycles. The Morgan fingerprint density at radius 1 is 1.11 bits per heavy atom. The van der Waals surface area contributed by atoms with Crippen LogP contribution >= 0.6 is 11.3 Å². The Morgan fingerprint density at radius 2 is 1.85 bits per heavy atom. The Kier molecular flexibility index (Phi) is 6.76. The molecule has 140 valence electrons. The number of carbonyl (C=O) groups excluding carboxylic acids is 1. The molecule has 0 amide bonds. The SMILES string of the molecule is COC(=O)c1sccc1-c1ccc(CNCCC(O)c2ccccc2)cc1. The second kappa shape index (κ2) is 9.46. The predicted molar refractivity (Wildman–Crippen MR) is 109 cm³/mol. The van der Waals surface area contributed by atoms with Gasteiger partial charge in [0.15, 0.2) is 0 Å². The molecule has 1 aromatic heterocycles. The molecular formula is C22H23NO3S. The van der Waals surface area contributed by atoms with Crippen LogP contribution in [-0.2, 0) is 11.3 Å². The standard InChI is InChI=1S/C22H23NO3S/c1-26-22(25)21-19(12-14-27-21)17-9-7-16(8-10-17)15-23-13-11-20(24)18-5-3-2-4-6-18/h2-10,12,14,20,23-24H,11,13,15H2,1H3. The number of ether oxygens (including phenoxy) is 1. The van der Waals surface area contributed by atoms with Gasteiger partial charge in [-0.2, -0.15) is 0 Å². The number of methoxy groups -OCH3 is 1. The van der Waals surface area contributed by atoms with Crippen molar-refractivity contribution in [2.24, 2.45) is 0 Å². The molecule has 27 heavy (non-hydrogen) atoms. The topological polar surface area (TPSA) is 58.6 Å². The number of aliphatic hydroxyl groups is 1. The Balaban J connectivity index is 1.51. The van der Waals surface area contributed by atoms with Gasteiger partial charge in [-0.1, -0.05) is 54.6 Å². The summed E-state index contributed by atoms with van der Waals surface area (Å²) in [5.41, 5.74) is 4.00. The summed E-state index contributed by atoms with van der Waals surface area (Å²) in [6.07, 6.45) is 0.218. The Hall–Kier alpha value is -2.47. The van der Waals surface area contributed by atoms with Crippen molar-refractivity contribution >= 4 is 17.3 Å². The summed E-state index contributed by atoms with van der Waals surface area (Å²) in [5, 5.41) is 15.4. The van der Waals surface area contributed by atoms with Gasteiger partial charge in [-0.15, -0.1) is 11.3 Å². The lowest BCUT2D eigenvalue weighted by atomic mass is 10.0. The summed E-state index contributed by atoms with van der Waals surface area (Å²) in [7, 11) is 1.40. The third-order valence-electron chi connectivity index (χ3n) is 4.41. The number of hydrogen-bond donors (Lipinski definition) is 2. The van der Waals surface area contributed by atoms with Crippen molar-refractivity contribution in [2.75, 3.05) is 13.7 Å². The molecule has 0 bridgehead atoms. The Labute approximate surface area is 163 Å². The minimum atomic E-state index is -0.448. The van der Waals surface area contributed by atoms with Gasteiger partial charge < -0.3 is 15.2 Å². The fourth-order valence-corrected chi connectivity index (χ4v) is 3.74. The van der Waals surface area contributed by atoms with Crippen LogP contribution < -0.4 is 5.32 Å². The first-order valence-electron chi connectivity index (χ1n) is 8.88. The molecule has 1 atom stereocenters. The number of aliphatic hydroxyl groups excluding tert-OH is 1. The molecular weight excluding hydrogens is 358 g/mol. The lowest BCUT2D eigenvalue weighted by Crippen LogP contribution is -2.17. The van der Waals surface area contributed by atoms with Gasteiger partial charge in [-0.25, -0.2) is 4.79 Å². The lowest BCUT2D eigenvalue weighted by molar-refractivity contribution is 0.0607. The highest BCUT2D eigenvalue weighted by molar-refractivity contribution is 7.12. The predicted octanol–water partition coefficient (Wildman–Crippen LogP) is 4.42. The van der Waals surface area contributed by atoms with E-state index in [0.717, 1.165) is 35.3 Å². The summed E-state index contributed by atoms with van der Waals surface area (Å²) >= 11 is 1.39. The van der Waals surface area contributed by atoms with Gasteiger partial charge in [-0.3, -0.25) is 0 Å². The summed E-state index contributed by atoms with van der Waals surface area (Å²) in [4.78, 5) is 12.4. The fourth-order valence-electron chi connectivity index (χ4n) is 2.90. The van der Waals surface area contributed by atoms with Crippen LogP contribution in [0.25, 0.3) is 11.1 Å². The van der Waals surface area contributed by atoms with E-state index in [1.807, 2.05) is 53.9 Å². The number of benzene rings is 2. The van der Waals surface area contributed by atoms with Gasteiger partial charge in [-0.05, 0) is 41.1 Å². The van der Waals surface area contributed by atoms with Crippen LogP contribution in [0.5, 0.6) is 0 Å². The van der Waals surface area contributed by atoms with Crippen LogP contribution in [0.3, 0.4) is 0 Å². The molecule has 3 aromatic rings. The quantitative estimate of drug-likeness (QED) is 0.448. The third kappa shape index (κ3) is 5.04. The second-order valence-corrected chi connectivity index (χ2v) is 7.16. The average molecular weight is 381 g/mol. The maximum absolute atomic E-state index is 11.8. The molecule has 0 fully saturated rings. The number of carbonyl (C=O) groups is 1. The van der Waals surface area contributed by atoms with E-state index in [1.54, 1.807) is 0 Å². The van der Waals surface area contributed by atoms with Crippen LogP contribution in [0.1, 0.15) is 33.3 Å². The van der Waals surface area contributed by atoms with E-state index in [0.29, 0.717) is 11.3 Å². The Morgan fingerprint density at radius 3 is 2.56 bits per heavy atom. The third-order valence-corrected chi connectivity index (χ3v) is 5.30. The van der Waals surface area contributed by atoms with Crippen molar-refractivity contribution < 1.29 is 14.6 Å². The number of thiophene rings is 1. The van der Waals surface area contributed by atoms with E-state index >= 15 is 0 Å². The van der Waals surface area contributed by atoms with Crippen molar-refractivity contribution in [3.8, 4) is 11.1 Å². The van der Waals surface area contributed by atoms with Gasteiger partial charge in [0.2, 0.25) is 0 Å². The average Bonchev–Trinajstić information content (AvgIpc) is 3.21. The molecule has 0 spiro atoms. The minimum absolute atomic E-state index is 0.303. The van der Waals surface area contributed by atoms with Crippen LogP contribution in [0.15, 0.2) is 66.0 Å². The largest absolute Gasteiger partial charge is 0.465 e. The number of hydrogen-bond acceptors (Lipinski definition) is 5. The molecule has 0 aliphatic carbocycles. The van der Waals surface area contributed by atoms with E-state index in [1.165, 1.54) is 18.4 Å². The normalized spacial score (nSPS) is 11.9. The van der Waals surface area contributed by atoms with Gasteiger partial charge in [0.1, 0.15) is 4.88 Å². The van der Waals surface area contributed by atoms with Crippen molar-refractivity contribution in [1.82, 2.24) is 5.32 Å². The molecule has 2 N–H and O–H groups in total. The molecule has 4 nitrogen and oxygen atoms in total. The maximum Gasteiger partial charge on any atom is 0.348 e. The van der Waals surface area contributed by atoms with Gasteiger partial charge in [0.05, 0.1) is 13.2 Å². The molecule has 2 aromatic carbocycles. The van der Waals surface area contributed by atoms with E-state index in [9.17, 15) is 9.90 Å². The lowest BCUT2D eigenvalue weighted by Gasteiger charge is -2.12. The fraction of sp³-hybridized carbons (Fsp3) is 0.227. The van der Waals surface area contributed by atoms with E-state index in [4.69, 9.17) is 4.74 Å². The monoisotopic (exact) mass is 381 g/mol. The minimum Gasteiger partial charge on any atom is -0.465 e. The molecule has 0 saturated heterocycles. The summed E-state index contributed by atoms with van der Waals surface area (Å²) in [5.74, 6) is -0.303. The van der Waals surface area contributed by atoms with E-state index in [2.05, 4.69) is 17.4 Å².